The Hall–Kier alpha value is -0.120. The molecule has 0 aliphatic carbocycles. The molecule has 3 heteroatoms. The molecule has 3 nitrogen and oxygen atoms in total. The average Bonchev–Trinajstić information content (AvgIpc) is 2.15. The molecule has 0 atom stereocenters. The quantitative estimate of drug-likeness (QED) is 0.577. The van der Waals surface area contributed by atoms with Gasteiger partial charge in [0.2, 0.25) is 0 Å². The molecule has 1 aliphatic heterocycles. The summed E-state index contributed by atoms with van der Waals surface area (Å²) in [5.74, 6) is 0. The van der Waals surface area contributed by atoms with E-state index in [1.165, 1.54) is 0 Å². The highest BCUT2D eigenvalue weighted by molar-refractivity contribution is 4.55. The first-order valence-electron chi connectivity index (χ1n) is 3.38. The molecule has 9 heavy (non-hydrogen) atoms. The minimum absolute atomic E-state index is 0.520. The molecule has 0 radical (unpaired) electrons. The summed E-state index contributed by atoms with van der Waals surface area (Å²) < 4.78 is 5.12. The normalized spacial score (nSPS) is 21.7. The summed E-state index contributed by atoms with van der Waals surface area (Å²) >= 11 is 0. The molecular weight excluding hydrogens is 116 g/mol. The van der Waals surface area contributed by atoms with Gasteiger partial charge in [-0.2, -0.15) is 0 Å². The van der Waals surface area contributed by atoms with Crippen molar-refractivity contribution in [1.29, 1.82) is 0 Å². The molecule has 1 heterocycles. The fraction of sp³-hybridized carbons (Fsp3) is 1.00. The van der Waals surface area contributed by atoms with E-state index in [4.69, 9.17) is 4.74 Å². The van der Waals surface area contributed by atoms with Crippen molar-refractivity contribution in [3.05, 3.63) is 0 Å². The molecule has 0 aromatic carbocycles. The highest BCUT2D eigenvalue weighted by Gasteiger charge is 2.11. The maximum absolute atomic E-state index is 5.12. The van der Waals surface area contributed by atoms with Gasteiger partial charge in [0.15, 0.2) is 0 Å². The Morgan fingerprint density at radius 3 is 2.78 bits per heavy atom. The summed E-state index contributed by atoms with van der Waals surface area (Å²) in [5.41, 5.74) is 3.25. The summed E-state index contributed by atoms with van der Waals surface area (Å²) in [4.78, 5) is 0. The Morgan fingerprint density at radius 1 is 1.56 bits per heavy atom. The topological polar surface area (TPSA) is 24.5 Å². The molecule has 0 spiro atoms. The van der Waals surface area contributed by atoms with Crippen LogP contribution in [0.25, 0.3) is 0 Å². The van der Waals surface area contributed by atoms with Crippen LogP contribution in [0.15, 0.2) is 0 Å². The van der Waals surface area contributed by atoms with Gasteiger partial charge in [0, 0.05) is 12.6 Å². The van der Waals surface area contributed by atoms with Crippen LogP contribution in [0.4, 0.5) is 0 Å². The standard InChI is InChI=1S/C6H14N2O/c1-6(2)7-8-3-4-9-5-8/h6-7H,3-5H2,1-2H3. The lowest BCUT2D eigenvalue weighted by molar-refractivity contribution is 0.100. The number of nitrogens with zero attached hydrogens (tertiary/aromatic N) is 1. The molecule has 1 rings (SSSR count). The third kappa shape index (κ3) is 2.30. The van der Waals surface area contributed by atoms with E-state index in [9.17, 15) is 0 Å². The van der Waals surface area contributed by atoms with Crippen LogP contribution in [0.2, 0.25) is 0 Å². The number of ether oxygens (including phenoxy) is 1. The molecule has 1 fully saturated rings. The monoisotopic (exact) mass is 130 g/mol. The van der Waals surface area contributed by atoms with Crippen molar-refractivity contribution < 1.29 is 4.74 Å². The second-order valence-electron chi connectivity index (χ2n) is 2.58. The number of hydrogen-bond donors (Lipinski definition) is 1. The predicted octanol–water partition coefficient (Wildman–Crippen LogP) is 0.189. The number of nitrogens with one attached hydrogen (secondary N) is 1. The molecule has 0 aromatic rings. The molecule has 0 saturated carbocycles. The van der Waals surface area contributed by atoms with Gasteiger partial charge in [0.25, 0.3) is 0 Å². The van der Waals surface area contributed by atoms with Crippen molar-refractivity contribution >= 4 is 0 Å². The van der Waals surface area contributed by atoms with Gasteiger partial charge in [-0.05, 0) is 13.8 Å². The number of hydrazine groups is 1. The second kappa shape index (κ2) is 3.15. The largest absolute Gasteiger partial charge is 0.363 e. The Kier molecular flexibility index (Phi) is 2.45. The molecule has 1 aliphatic rings. The van der Waals surface area contributed by atoms with Crippen LogP contribution in [-0.2, 0) is 4.74 Å². The summed E-state index contributed by atoms with van der Waals surface area (Å²) in [7, 11) is 0. The maximum atomic E-state index is 5.12. The second-order valence-corrected chi connectivity index (χ2v) is 2.58. The van der Waals surface area contributed by atoms with Crippen molar-refractivity contribution in [3.8, 4) is 0 Å². The highest BCUT2D eigenvalue weighted by Crippen LogP contribution is 1.94. The van der Waals surface area contributed by atoms with Crippen LogP contribution < -0.4 is 5.43 Å². The lowest BCUT2D eigenvalue weighted by atomic mass is 10.4. The smallest absolute Gasteiger partial charge is 0.112 e. The molecule has 0 bridgehead atoms. The van der Waals surface area contributed by atoms with Gasteiger partial charge in [-0.25, -0.2) is 5.01 Å². The lowest BCUT2D eigenvalue weighted by Crippen LogP contribution is -2.40. The van der Waals surface area contributed by atoms with Gasteiger partial charge in [0.1, 0.15) is 6.73 Å². The summed E-state index contributed by atoms with van der Waals surface area (Å²) in [6.45, 7) is 6.85. The first-order valence-corrected chi connectivity index (χ1v) is 3.38. The van der Waals surface area contributed by atoms with Gasteiger partial charge in [0.05, 0.1) is 6.61 Å². The molecule has 54 valence electrons. The number of rotatable bonds is 2. The Balaban J connectivity index is 2.11. The highest BCUT2D eigenvalue weighted by atomic mass is 16.5. The van der Waals surface area contributed by atoms with Gasteiger partial charge in [-0.15, -0.1) is 0 Å². The van der Waals surface area contributed by atoms with Gasteiger partial charge in [-0.3, -0.25) is 5.43 Å². The van der Waals surface area contributed by atoms with E-state index < -0.39 is 0 Å². The van der Waals surface area contributed by atoms with E-state index in [2.05, 4.69) is 24.3 Å². The van der Waals surface area contributed by atoms with E-state index in [0.717, 1.165) is 19.9 Å². The van der Waals surface area contributed by atoms with Crippen molar-refractivity contribution in [2.24, 2.45) is 0 Å². The van der Waals surface area contributed by atoms with Crippen LogP contribution in [0.5, 0.6) is 0 Å². The van der Waals surface area contributed by atoms with Crippen LogP contribution in [-0.4, -0.2) is 30.9 Å². The lowest BCUT2D eigenvalue weighted by Gasteiger charge is -2.17. The first-order chi connectivity index (χ1) is 4.29. The molecular formula is C6H14N2O. The van der Waals surface area contributed by atoms with Gasteiger partial charge in [-0.1, -0.05) is 0 Å². The molecule has 0 unspecified atom stereocenters. The third-order valence-corrected chi connectivity index (χ3v) is 1.19. The van der Waals surface area contributed by atoms with Gasteiger partial charge >= 0.3 is 0 Å². The molecule has 0 aromatic heterocycles. The van der Waals surface area contributed by atoms with Crippen molar-refractivity contribution in [2.75, 3.05) is 19.9 Å². The minimum Gasteiger partial charge on any atom is -0.363 e. The van der Waals surface area contributed by atoms with E-state index >= 15 is 0 Å². The molecule has 1 saturated heterocycles. The van der Waals surface area contributed by atoms with E-state index in [0.29, 0.717) is 6.04 Å². The number of hydrogen-bond acceptors (Lipinski definition) is 3. The summed E-state index contributed by atoms with van der Waals surface area (Å²) in [6, 6.07) is 0.520. The van der Waals surface area contributed by atoms with Crippen LogP contribution in [0, 0.1) is 0 Å². The van der Waals surface area contributed by atoms with Crippen LogP contribution >= 0.6 is 0 Å². The summed E-state index contributed by atoms with van der Waals surface area (Å²) in [5, 5.41) is 2.09. The third-order valence-electron chi connectivity index (χ3n) is 1.19. The fourth-order valence-electron chi connectivity index (χ4n) is 0.881. The van der Waals surface area contributed by atoms with Crippen LogP contribution in [0.1, 0.15) is 13.8 Å². The SMILES string of the molecule is CC(C)NN1CCOC1. The Labute approximate surface area is 56.0 Å². The summed E-state index contributed by atoms with van der Waals surface area (Å²) in [6.07, 6.45) is 0. The maximum Gasteiger partial charge on any atom is 0.112 e. The Bertz CT molecular complexity index is 79.1. The average molecular weight is 130 g/mol. The zero-order valence-electron chi connectivity index (χ0n) is 6.05. The van der Waals surface area contributed by atoms with Crippen molar-refractivity contribution in [1.82, 2.24) is 10.4 Å². The van der Waals surface area contributed by atoms with Crippen molar-refractivity contribution in [3.63, 3.8) is 0 Å². The molecule has 0 amide bonds. The van der Waals surface area contributed by atoms with E-state index in [1.807, 2.05) is 0 Å². The zero-order valence-corrected chi connectivity index (χ0v) is 6.05. The first kappa shape index (κ1) is 6.99. The Morgan fingerprint density at radius 2 is 2.33 bits per heavy atom. The van der Waals surface area contributed by atoms with E-state index in [1.54, 1.807) is 0 Å². The fourth-order valence-corrected chi connectivity index (χ4v) is 0.881. The molecule has 1 N–H and O–H groups in total. The van der Waals surface area contributed by atoms with Gasteiger partial charge < -0.3 is 4.74 Å². The van der Waals surface area contributed by atoms with Crippen molar-refractivity contribution in [2.45, 2.75) is 19.9 Å². The predicted molar refractivity (Wildman–Crippen MR) is 35.8 cm³/mol. The van der Waals surface area contributed by atoms with Crippen LogP contribution in [0.3, 0.4) is 0 Å². The van der Waals surface area contributed by atoms with E-state index in [-0.39, 0.29) is 0 Å². The minimum atomic E-state index is 0.520. The zero-order chi connectivity index (χ0) is 6.69.